The molecule has 1 amide bonds. The van der Waals surface area contributed by atoms with E-state index in [9.17, 15) is 4.79 Å². The summed E-state index contributed by atoms with van der Waals surface area (Å²) in [4.78, 5) is 13.5. The van der Waals surface area contributed by atoms with Crippen molar-refractivity contribution in [2.75, 3.05) is 26.3 Å². The van der Waals surface area contributed by atoms with E-state index in [-0.39, 0.29) is 18.6 Å². The van der Waals surface area contributed by atoms with Crippen molar-refractivity contribution in [2.45, 2.75) is 26.3 Å². The second kappa shape index (κ2) is 5.32. The fourth-order valence-corrected chi connectivity index (χ4v) is 1.73. The topological polar surface area (TPSA) is 55.6 Å². The number of carbonyl (C=O) groups is 1. The minimum absolute atomic E-state index is 0.100. The maximum absolute atomic E-state index is 11.6. The van der Waals surface area contributed by atoms with E-state index in [1.165, 1.54) is 0 Å². The lowest BCUT2D eigenvalue weighted by atomic mass is 10.0. The molecular weight excluding hydrogens is 180 g/mol. The van der Waals surface area contributed by atoms with Crippen LogP contribution in [0.4, 0.5) is 0 Å². The van der Waals surface area contributed by atoms with Crippen LogP contribution < -0.4 is 5.73 Å². The molecule has 0 aromatic rings. The molecule has 1 saturated heterocycles. The van der Waals surface area contributed by atoms with E-state index in [0.717, 1.165) is 13.0 Å². The molecule has 0 bridgehead atoms. The summed E-state index contributed by atoms with van der Waals surface area (Å²) in [5.41, 5.74) is 5.44. The Balaban J connectivity index is 2.56. The van der Waals surface area contributed by atoms with Crippen molar-refractivity contribution < 1.29 is 9.53 Å². The van der Waals surface area contributed by atoms with Gasteiger partial charge in [0.15, 0.2) is 0 Å². The zero-order chi connectivity index (χ0) is 10.6. The molecule has 1 aliphatic heterocycles. The first-order chi connectivity index (χ1) is 6.66. The molecule has 0 spiro atoms. The number of nitrogens with zero attached hydrogens (tertiary/aromatic N) is 1. The van der Waals surface area contributed by atoms with Gasteiger partial charge in [-0.3, -0.25) is 4.79 Å². The van der Waals surface area contributed by atoms with Gasteiger partial charge in [-0.2, -0.15) is 0 Å². The molecule has 14 heavy (non-hydrogen) atoms. The first kappa shape index (κ1) is 11.5. The molecule has 2 N–H and O–H groups in total. The summed E-state index contributed by atoms with van der Waals surface area (Å²) in [5, 5.41) is 0. The molecule has 1 heterocycles. The van der Waals surface area contributed by atoms with Crippen LogP contribution in [0.15, 0.2) is 0 Å². The van der Waals surface area contributed by atoms with Crippen molar-refractivity contribution in [1.29, 1.82) is 0 Å². The van der Waals surface area contributed by atoms with Crippen molar-refractivity contribution in [2.24, 2.45) is 11.7 Å². The van der Waals surface area contributed by atoms with E-state index in [1.54, 1.807) is 0 Å². The van der Waals surface area contributed by atoms with Gasteiger partial charge in [-0.25, -0.2) is 0 Å². The summed E-state index contributed by atoms with van der Waals surface area (Å²) in [6, 6.07) is 0.225. The van der Waals surface area contributed by atoms with Crippen molar-refractivity contribution in [3.8, 4) is 0 Å². The minimum Gasteiger partial charge on any atom is -0.369 e. The average Bonchev–Trinajstić information content (AvgIpc) is 2.15. The Morgan fingerprint density at radius 3 is 2.93 bits per heavy atom. The van der Waals surface area contributed by atoms with Crippen LogP contribution in [0.2, 0.25) is 0 Å². The lowest BCUT2D eigenvalue weighted by Gasteiger charge is -2.37. The number of carbonyl (C=O) groups excluding carboxylic acids is 1. The number of amides is 1. The van der Waals surface area contributed by atoms with Gasteiger partial charge in [-0.15, -0.1) is 0 Å². The average molecular weight is 200 g/mol. The molecular formula is C10H20N2O2. The highest BCUT2D eigenvalue weighted by molar-refractivity contribution is 5.78. The Bertz CT molecular complexity index is 195. The highest BCUT2D eigenvalue weighted by Gasteiger charge is 2.29. The van der Waals surface area contributed by atoms with Gasteiger partial charge >= 0.3 is 0 Å². The number of hydrogen-bond donors (Lipinski definition) is 1. The number of ether oxygens (including phenoxy) is 1. The number of rotatable bonds is 4. The first-order valence-electron chi connectivity index (χ1n) is 5.24. The van der Waals surface area contributed by atoms with Gasteiger partial charge in [0.25, 0.3) is 0 Å². The second-order valence-corrected chi connectivity index (χ2v) is 4.06. The van der Waals surface area contributed by atoms with E-state index in [2.05, 4.69) is 13.8 Å². The largest absolute Gasteiger partial charge is 0.369 e. The Morgan fingerprint density at radius 1 is 1.64 bits per heavy atom. The van der Waals surface area contributed by atoms with Crippen LogP contribution in [0.25, 0.3) is 0 Å². The van der Waals surface area contributed by atoms with Crippen LogP contribution in [-0.2, 0) is 9.53 Å². The van der Waals surface area contributed by atoms with Gasteiger partial charge in [-0.1, -0.05) is 13.8 Å². The van der Waals surface area contributed by atoms with Crippen LogP contribution in [0, 0.1) is 5.92 Å². The third kappa shape index (κ3) is 2.69. The lowest BCUT2D eigenvalue weighted by molar-refractivity contribution is -0.150. The maximum atomic E-state index is 11.6. The normalized spacial score (nSPS) is 23.3. The SMILES string of the molecule is CC(C)C1COCC(=O)N1CCCN. The first-order valence-corrected chi connectivity index (χ1v) is 5.24. The van der Waals surface area contributed by atoms with E-state index >= 15 is 0 Å². The fourth-order valence-electron chi connectivity index (χ4n) is 1.73. The molecule has 4 nitrogen and oxygen atoms in total. The van der Waals surface area contributed by atoms with E-state index < -0.39 is 0 Å². The molecule has 1 rings (SSSR count). The van der Waals surface area contributed by atoms with E-state index in [4.69, 9.17) is 10.5 Å². The van der Waals surface area contributed by atoms with Gasteiger partial charge in [0.05, 0.1) is 12.6 Å². The van der Waals surface area contributed by atoms with Crippen LogP contribution in [0.5, 0.6) is 0 Å². The summed E-state index contributed by atoms with van der Waals surface area (Å²) in [6.07, 6.45) is 0.870. The minimum atomic E-state index is 0.100. The predicted octanol–water partition coefficient (Wildman–Crippen LogP) is 0.219. The molecule has 0 radical (unpaired) electrons. The second-order valence-electron chi connectivity index (χ2n) is 4.06. The summed E-state index contributed by atoms with van der Waals surface area (Å²) in [7, 11) is 0. The Morgan fingerprint density at radius 2 is 2.36 bits per heavy atom. The molecule has 1 aliphatic rings. The Hall–Kier alpha value is -0.610. The predicted molar refractivity (Wildman–Crippen MR) is 54.8 cm³/mol. The smallest absolute Gasteiger partial charge is 0.248 e. The Labute approximate surface area is 85.4 Å². The van der Waals surface area contributed by atoms with Crippen LogP contribution in [-0.4, -0.2) is 43.2 Å². The van der Waals surface area contributed by atoms with Crippen molar-refractivity contribution in [1.82, 2.24) is 4.90 Å². The highest BCUT2D eigenvalue weighted by atomic mass is 16.5. The highest BCUT2D eigenvalue weighted by Crippen LogP contribution is 2.16. The van der Waals surface area contributed by atoms with Crippen LogP contribution in [0.1, 0.15) is 20.3 Å². The summed E-state index contributed by atoms with van der Waals surface area (Å²) in [5.74, 6) is 0.542. The van der Waals surface area contributed by atoms with Crippen LogP contribution >= 0.6 is 0 Å². The van der Waals surface area contributed by atoms with E-state index in [0.29, 0.717) is 19.1 Å². The van der Waals surface area contributed by atoms with Gasteiger partial charge < -0.3 is 15.4 Å². The van der Waals surface area contributed by atoms with Gasteiger partial charge in [0.2, 0.25) is 5.91 Å². The molecule has 0 aliphatic carbocycles. The zero-order valence-electron chi connectivity index (χ0n) is 9.03. The van der Waals surface area contributed by atoms with Crippen LogP contribution in [0.3, 0.4) is 0 Å². The number of morpholine rings is 1. The van der Waals surface area contributed by atoms with Gasteiger partial charge in [-0.05, 0) is 18.9 Å². The zero-order valence-corrected chi connectivity index (χ0v) is 9.03. The molecule has 4 heteroatoms. The molecule has 0 saturated carbocycles. The standard InChI is InChI=1S/C10H20N2O2/c1-8(2)9-6-14-7-10(13)12(9)5-3-4-11/h8-9H,3-7,11H2,1-2H3. The van der Waals surface area contributed by atoms with Crippen molar-refractivity contribution in [3.63, 3.8) is 0 Å². The summed E-state index contributed by atoms with van der Waals surface area (Å²) < 4.78 is 5.24. The monoisotopic (exact) mass is 200 g/mol. The van der Waals surface area contributed by atoms with Crippen molar-refractivity contribution >= 4 is 5.91 Å². The summed E-state index contributed by atoms with van der Waals surface area (Å²) in [6.45, 7) is 6.52. The molecule has 82 valence electrons. The third-order valence-electron chi connectivity index (χ3n) is 2.61. The quantitative estimate of drug-likeness (QED) is 0.706. The van der Waals surface area contributed by atoms with Gasteiger partial charge in [0.1, 0.15) is 6.61 Å². The fraction of sp³-hybridized carbons (Fsp3) is 0.900. The molecule has 0 aromatic carbocycles. The molecule has 1 atom stereocenters. The Kier molecular flexibility index (Phi) is 4.35. The number of nitrogens with two attached hydrogens (primary N) is 1. The molecule has 1 fully saturated rings. The third-order valence-corrected chi connectivity index (χ3v) is 2.61. The van der Waals surface area contributed by atoms with Gasteiger partial charge in [0, 0.05) is 6.54 Å². The lowest BCUT2D eigenvalue weighted by Crippen LogP contribution is -2.52. The molecule has 0 aromatic heterocycles. The summed E-state index contributed by atoms with van der Waals surface area (Å²) >= 11 is 0. The van der Waals surface area contributed by atoms with E-state index in [1.807, 2.05) is 4.90 Å². The van der Waals surface area contributed by atoms with Crippen molar-refractivity contribution in [3.05, 3.63) is 0 Å². The number of hydrogen-bond acceptors (Lipinski definition) is 3. The molecule has 1 unspecified atom stereocenters. The maximum Gasteiger partial charge on any atom is 0.248 e.